The zero-order chi connectivity index (χ0) is 22.7. The quantitative estimate of drug-likeness (QED) is 0.408. The van der Waals surface area contributed by atoms with Gasteiger partial charge in [0.2, 0.25) is 0 Å². The van der Waals surface area contributed by atoms with Gasteiger partial charge in [0, 0.05) is 28.9 Å². The zero-order valence-electron chi connectivity index (χ0n) is 17.6. The second kappa shape index (κ2) is 9.46. The number of carbonyl (C=O) groups is 2. The van der Waals surface area contributed by atoms with Gasteiger partial charge in [-0.2, -0.15) is 0 Å². The minimum Gasteiger partial charge on any atom is -0.456 e. The topological polar surface area (TPSA) is 90.3 Å². The Labute approximate surface area is 192 Å². The molecule has 0 radical (unpaired) electrons. The first-order valence-corrected chi connectivity index (χ1v) is 11.7. The Balaban J connectivity index is 1.28. The Morgan fingerprint density at radius 1 is 1.12 bits per heavy atom. The summed E-state index contributed by atoms with van der Waals surface area (Å²) in [6.45, 7) is 3.72. The van der Waals surface area contributed by atoms with Crippen LogP contribution in [0.5, 0.6) is 0 Å². The number of anilines is 1. The number of hydrogen-bond acceptors (Lipinski definition) is 7. The van der Waals surface area contributed by atoms with Crippen LogP contribution in [0.4, 0.5) is 5.69 Å². The molecule has 0 aliphatic heterocycles. The summed E-state index contributed by atoms with van der Waals surface area (Å²) >= 11 is 2.72. The van der Waals surface area contributed by atoms with Crippen molar-refractivity contribution in [3.63, 3.8) is 0 Å². The third-order valence-electron chi connectivity index (χ3n) is 4.84. The molecule has 32 heavy (non-hydrogen) atoms. The normalized spacial score (nSPS) is 10.9. The SMILES string of the molecule is Cc1ccc2nc(-c3ccc(NC(=O)COC(=O)CCn4c(C)csc4=O)cc3)sc2c1. The van der Waals surface area contributed by atoms with E-state index in [0.717, 1.165) is 37.8 Å². The monoisotopic (exact) mass is 467 g/mol. The Hall–Kier alpha value is -3.30. The van der Waals surface area contributed by atoms with Gasteiger partial charge in [-0.05, 0) is 55.8 Å². The van der Waals surface area contributed by atoms with Gasteiger partial charge in [0.05, 0.1) is 16.6 Å². The lowest BCUT2D eigenvalue weighted by Gasteiger charge is -2.08. The average Bonchev–Trinajstić information content (AvgIpc) is 3.33. The van der Waals surface area contributed by atoms with Crippen LogP contribution in [0.15, 0.2) is 52.6 Å². The molecule has 0 spiro atoms. The van der Waals surface area contributed by atoms with Gasteiger partial charge in [-0.25, -0.2) is 4.98 Å². The van der Waals surface area contributed by atoms with E-state index in [9.17, 15) is 14.4 Å². The van der Waals surface area contributed by atoms with Crippen molar-refractivity contribution in [3.8, 4) is 10.6 Å². The average molecular weight is 468 g/mol. The number of aryl methyl sites for hydroxylation is 2. The van der Waals surface area contributed by atoms with E-state index in [1.165, 1.54) is 10.1 Å². The molecule has 0 unspecified atom stereocenters. The van der Waals surface area contributed by atoms with Crippen molar-refractivity contribution < 1.29 is 14.3 Å². The molecular formula is C23H21N3O4S2. The van der Waals surface area contributed by atoms with Crippen molar-refractivity contribution in [1.82, 2.24) is 9.55 Å². The van der Waals surface area contributed by atoms with Crippen LogP contribution in [0.3, 0.4) is 0 Å². The molecule has 0 bridgehead atoms. The van der Waals surface area contributed by atoms with Crippen molar-refractivity contribution in [2.24, 2.45) is 0 Å². The van der Waals surface area contributed by atoms with Crippen molar-refractivity contribution >= 4 is 50.5 Å². The predicted molar refractivity (Wildman–Crippen MR) is 127 cm³/mol. The highest BCUT2D eigenvalue weighted by Crippen LogP contribution is 2.31. The maximum atomic E-state index is 12.1. The molecule has 1 N–H and O–H groups in total. The van der Waals surface area contributed by atoms with E-state index in [2.05, 4.69) is 23.3 Å². The number of benzene rings is 2. The van der Waals surface area contributed by atoms with Crippen molar-refractivity contribution in [3.05, 3.63) is 68.8 Å². The Morgan fingerprint density at radius 2 is 1.91 bits per heavy atom. The van der Waals surface area contributed by atoms with Crippen LogP contribution < -0.4 is 10.2 Å². The van der Waals surface area contributed by atoms with Gasteiger partial charge in [0.15, 0.2) is 6.61 Å². The van der Waals surface area contributed by atoms with Crippen LogP contribution in [-0.4, -0.2) is 28.0 Å². The Bertz CT molecular complexity index is 1340. The second-order valence-corrected chi connectivity index (χ2v) is 9.17. The third-order valence-corrected chi connectivity index (χ3v) is 6.79. The summed E-state index contributed by atoms with van der Waals surface area (Å²) in [5.74, 6) is -0.954. The number of ether oxygens (including phenoxy) is 1. The number of thiazole rings is 2. The van der Waals surface area contributed by atoms with Gasteiger partial charge in [-0.1, -0.05) is 17.4 Å². The Kier molecular flexibility index (Phi) is 6.48. The molecule has 0 saturated heterocycles. The number of esters is 1. The smallest absolute Gasteiger partial charge is 0.308 e. The van der Waals surface area contributed by atoms with E-state index < -0.39 is 11.9 Å². The van der Waals surface area contributed by atoms with Gasteiger partial charge in [-0.3, -0.25) is 14.4 Å². The summed E-state index contributed by atoms with van der Waals surface area (Å²) in [4.78, 5) is 40.2. The molecule has 9 heteroatoms. The highest BCUT2D eigenvalue weighted by atomic mass is 32.1. The number of fused-ring (bicyclic) bond motifs is 1. The number of amides is 1. The maximum absolute atomic E-state index is 12.1. The van der Waals surface area contributed by atoms with Crippen LogP contribution in [0.25, 0.3) is 20.8 Å². The van der Waals surface area contributed by atoms with E-state index in [4.69, 9.17) is 4.74 Å². The number of aromatic nitrogens is 2. The highest BCUT2D eigenvalue weighted by molar-refractivity contribution is 7.21. The molecule has 4 rings (SSSR count). The molecule has 164 valence electrons. The van der Waals surface area contributed by atoms with E-state index in [-0.39, 0.29) is 24.4 Å². The fraction of sp³-hybridized carbons (Fsp3) is 0.217. The lowest BCUT2D eigenvalue weighted by Crippen LogP contribution is -2.22. The molecule has 7 nitrogen and oxygen atoms in total. The number of hydrogen-bond donors (Lipinski definition) is 1. The van der Waals surface area contributed by atoms with E-state index in [0.29, 0.717) is 5.69 Å². The van der Waals surface area contributed by atoms with Gasteiger partial charge >= 0.3 is 10.8 Å². The Morgan fingerprint density at radius 3 is 2.62 bits per heavy atom. The maximum Gasteiger partial charge on any atom is 0.308 e. The van der Waals surface area contributed by atoms with Gasteiger partial charge in [0.1, 0.15) is 5.01 Å². The standard InChI is InChI=1S/C23H21N3O4S2/c1-14-3-8-18-19(11-14)32-22(25-18)16-4-6-17(7-5-16)24-20(27)12-30-21(28)9-10-26-15(2)13-31-23(26)29/h3-8,11,13H,9-10,12H2,1-2H3,(H,24,27). The zero-order valence-corrected chi connectivity index (χ0v) is 19.2. The van der Waals surface area contributed by atoms with Gasteiger partial charge in [-0.15, -0.1) is 11.3 Å². The predicted octanol–water partition coefficient (Wildman–Crippen LogP) is 4.38. The summed E-state index contributed by atoms with van der Waals surface area (Å²) in [6.07, 6.45) is 0.0289. The number of nitrogens with zero attached hydrogens (tertiary/aromatic N) is 2. The summed E-state index contributed by atoms with van der Waals surface area (Å²) in [7, 11) is 0. The van der Waals surface area contributed by atoms with Crippen molar-refractivity contribution in [2.75, 3.05) is 11.9 Å². The summed E-state index contributed by atoms with van der Waals surface area (Å²) in [5, 5.41) is 5.37. The van der Waals surface area contributed by atoms with Crippen LogP contribution in [0, 0.1) is 13.8 Å². The first kappa shape index (κ1) is 21.9. The van der Waals surface area contributed by atoms with Gasteiger partial charge in [0.25, 0.3) is 5.91 Å². The largest absolute Gasteiger partial charge is 0.456 e. The minimum atomic E-state index is -0.529. The molecule has 0 saturated carbocycles. The molecule has 0 atom stereocenters. The van der Waals surface area contributed by atoms with E-state index in [1.54, 1.807) is 35.8 Å². The second-order valence-electron chi connectivity index (χ2n) is 7.32. The molecule has 0 aliphatic rings. The fourth-order valence-corrected chi connectivity index (χ4v) is 4.97. The highest BCUT2D eigenvalue weighted by Gasteiger charge is 2.11. The first-order chi connectivity index (χ1) is 15.4. The molecule has 0 aliphatic carbocycles. The summed E-state index contributed by atoms with van der Waals surface area (Å²) < 4.78 is 7.67. The first-order valence-electron chi connectivity index (χ1n) is 9.97. The molecule has 4 aromatic rings. The molecule has 2 aromatic carbocycles. The number of nitrogens with one attached hydrogen (secondary N) is 1. The van der Waals surface area contributed by atoms with Crippen LogP contribution >= 0.6 is 22.7 Å². The molecule has 2 heterocycles. The third kappa shape index (κ3) is 5.12. The van der Waals surface area contributed by atoms with E-state index >= 15 is 0 Å². The molecule has 2 aromatic heterocycles. The van der Waals surface area contributed by atoms with Crippen molar-refractivity contribution in [1.29, 1.82) is 0 Å². The molecule has 0 fully saturated rings. The lowest BCUT2D eigenvalue weighted by molar-refractivity contribution is -0.147. The molecular weight excluding hydrogens is 446 g/mol. The lowest BCUT2D eigenvalue weighted by atomic mass is 10.2. The van der Waals surface area contributed by atoms with Crippen LogP contribution in [0.1, 0.15) is 17.7 Å². The number of carbonyl (C=O) groups excluding carboxylic acids is 2. The van der Waals surface area contributed by atoms with Gasteiger partial charge < -0.3 is 14.6 Å². The summed E-state index contributed by atoms with van der Waals surface area (Å²) in [5.41, 5.74) is 4.53. The summed E-state index contributed by atoms with van der Waals surface area (Å²) in [6, 6.07) is 13.5. The minimum absolute atomic E-state index is 0.0289. The van der Waals surface area contributed by atoms with Crippen LogP contribution in [0.2, 0.25) is 0 Å². The molecule has 1 amide bonds. The van der Waals surface area contributed by atoms with E-state index in [1.807, 2.05) is 24.3 Å². The fourth-order valence-electron chi connectivity index (χ4n) is 3.14. The van der Waals surface area contributed by atoms with Crippen molar-refractivity contribution in [2.45, 2.75) is 26.8 Å². The number of rotatable bonds is 7. The van der Waals surface area contributed by atoms with Crippen LogP contribution in [-0.2, 0) is 20.9 Å².